The predicted molar refractivity (Wildman–Crippen MR) is 147 cm³/mol. The number of anilines is 2. The number of nitrogens with one attached hydrogen (secondary N) is 2. The van der Waals surface area contributed by atoms with Crippen LogP contribution in [0, 0.1) is 0 Å². The van der Waals surface area contributed by atoms with Crippen LogP contribution in [0.2, 0.25) is 5.02 Å². The first kappa shape index (κ1) is 25.4. The van der Waals surface area contributed by atoms with Gasteiger partial charge in [0.1, 0.15) is 11.0 Å². The van der Waals surface area contributed by atoms with Gasteiger partial charge >= 0.3 is 0 Å². The van der Waals surface area contributed by atoms with E-state index in [1.165, 1.54) is 11.8 Å². The summed E-state index contributed by atoms with van der Waals surface area (Å²) in [6.45, 7) is 2.51. The molecule has 0 aliphatic rings. The maximum atomic E-state index is 13.3. The fourth-order valence-electron chi connectivity index (χ4n) is 3.50. The van der Waals surface area contributed by atoms with Gasteiger partial charge in [-0.2, -0.15) is 0 Å². The Kier molecular flexibility index (Phi) is 8.66. The fourth-order valence-corrected chi connectivity index (χ4v) is 4.71. The SMILES string of the molecule is CCOc1ccc(NC(=O)C(Sc2ccc(NC(=O)c3cccc(Cl)c3)cc2)c2ccccc2)cc1. The second-order valence-corrected chi connectivity index (χ2v) is 9.46. The van der Waals surface area contributed by atoms with Crippen molar-refractivity contribution in [2.24, 2.45) is 0 Å². The fraction of sp³-hybridized carbons (Fsp3) is 0.103. The molecule has 0 saturated heterocycles. The van der Waals surface area contributed by atoms with Gasteiger partial charge in [0.25, 0.3) is 5.91 Å². The van der Waals surface area contributed by atoms with Gasteiger partial charge in [-0.1, -0.05) is 48.0 Å². The molecule has 0 fully saturated rings. The molecule has 2 N–H and O–H groups in total. The first-order valence-corrected chi connectivity index (χ1v) is 12.7. The van der Waals surface area contributed by atoms with Crippen LogP contribution in [0.3, 0.4) is 0 Å². The number of ether oxygens (including phenoxy) is 1. The molecule has 0 aromatic heterocycles. The van der Waals surface area contributed by atoms with Gasteiger partial charge in [-0.25, -0.2) is 0 Å². The van der Waals surface area contributed by atoms with E-state index in [1.54, 1.807) is 24.3 Å². The van der Waals surface area contributed by atoms with E-state index in [1.807, 2.05) is 85.8 Å². The second-order valence-electron chi connectivity index (χ2n) is 7.84. The first-order chi connectivity index (χ1) is 17.5. The van der Waals surface area contributed by atoms with Gasteiger partial charge in [0, 0.05) is 26.9 Å². The quantitative estimate of drug-likeness (QED) is 0.226. The molecular weight excluding hydrogens is 492 g/mol. The van der Waals surface area contributed by atoms with Crippen molar-refractivity contribution in [2.45, 2.75) is 17.1 Å². The van der Waals surface area contributed by atoms with Crippen molar-refractivity contribution in [1.82, 2.24) is 0 Å². The van der Waals surface area contributed by atoms with E-state index in [-0.39, 0.29) is 11.8 Å². The molecule has 36 heavy (non-hydrogen) atoms. The van der Waals surface area contributed by atoms with Crippen molar-refractivity contribution in [3.8, 4) is 5.75 Å². The first-order valence-electron chi connectivity index (χ1n) is 11.4. The predicted octanol–water partition coefficient (Wildman–Crippen LogP) is 7.46. The number of amides is 2. The molecule has 1 atom stereocenters. The van der Waals surface area contributed by atoms with Crippen molar-refractivity contribution < 1.29 is 14.3 Å². The summed E-state index contributed by atoms with van der Waals surface area (Å²) in [6.07, 6.45) is 0. The van der Waals surface area contributed by atoms with Crippen molar-refractivity contribution in [3.63, 3.8) is 0 Å². The lowest BCUT2D eigenvalue weighted by Gasteiger charge is -2.17. The van der Waals surface area contributed by atoms with E-state index >= 15 is 0 Å². The Hall–Kier alpha value is -3.74. The van der Waals surface area contributed by atoms with Gasteiger partial charge < -0.3 is 15.4 Å². The monoisotopic (exact) mass is 516 g/mol. The number of thioether (sulfide) groups is 1. The number of hydrogen-bond acceptors (Lipinski definition) is 4. The summed E-state index contributed by atoms with van der Waals surface area (Å²) in [5, 5.41) is 5.91. The van der Waals surface area contributed by atoms with Crippen LogP contribution in [0.1, 0.15) is 28.1 Å². The normalized spacial score (nSPS) is 11.4. The highest BCUT2D eigenvalue weighted by atomic mass is 35.5. The average molecular weight is 517 g/mol. The van der Waals surface area contributed by atoms with Gasteiger partial charge in [-0.15, -0.1) is 11.8 Å². The number of rotatable bonds is 9. The Bertz CT molecular complexity index is 1310. The van der Waals surface area contributed by atoms with Crippen molar-refractivity contribution >= 4 is 46.6 Å². The van der Waals surface area contributed by atoms with Crippen LogP contribution in [0.4, 0.5) is 11.4 Å². The molecule has 0 saturated carbocycles. The molecule has 1 unspecified atom stereocenters. The lowest BCUT2D eigenvalue weighted by Crippen LogP contribution is -2.19. The van der Waals surface area contributed by atoms with E-state index in [9.17, 15) is 9.59 Å². The largest absolute Gasteiger partial charge is 0.494 e. The molecule has 0 radical (unpaired) electrons. The summed E-state index contributed by atoms with van der Waals surface area (Å²) in [5.74, 6) is 0.385. The van der Waals surface area contributed by atoms with Crippen LogP contribution in [0.15, 0.2) is 108 Å². The zero-order valence-corrected chi connectivity index (χ0v) is 21.2. The van der Waals surface area contributed by atoms with Crippen LogP contribution in [-0.2, 0) is 4.79 Å². The molecule has 0 bridgehead atoms. The van der Waals surface area contributed by atoms with Gasteiger partial charge in [0.15, 0.2) is 0 Å². The highest BCUT2D eigenvalue weighted by Crippen LogP contribution is 2.37. The third-order valence-electron chi connectivity index (χ3n) is 5.23. The number of carbonyl (C=O) groups excluding carboxylic acids is 2. The van der Waals surface area contributed by atoms with E-state index in [4.69, 9.17) is 16.3 Å². The van der Waals surface area contributed by atoms with Crippen LogP contribution in [-0.4, -0.2) is 18.4 Å². The minimum atomic E-state index is -0.468. The third kappa shape index (κ3) is 6.90. The van der Waals surface area contributed by atoms with Crippen molar-refractivity contribution in [1.29, 1.82) is 0 Å². The van der Waals surface area contributed by atoms with Gasteiger partial charge in [0.05, 0.1) is 6.61 Å². The van der Waals surface area contributed by atoms with Crippen LogP contribution < -0.4 is 15.4 Å². The topological polar surface area (TPSA) is 67.4 Å². The van der Waals surface area contributed by atoms with Gasteiger partial charge in [0.2, 0.25) is 5.91 Å². The molecule has 0 aliphatic heterocycles. The summed E-state index contributed by atoms with van der Waals surface area (Å²) in [6, 6.07) is 31.2. The summed E-state index contributed by atoms with van der Waals surface area (Å²) in [7, 11) is 0. The zero-order valence-electron chi connectivity index (χ0n) is 19.6. The maximum absolute atomic E-state index is 13.3. The van der Waals surface area contributed by atoms with Crippen LogP contribution in [0.5, 0.6) is 5.75 Å². The summed E-state index contributed by atoms with van der Waals surface area (Å²) in [4.78, 5) is 26.7. The molecule has 0 spiro atoms. The lowest BCUT2D eigenvalue weighted by atomic mass is 10.1. The standard InChI is InChI=1S/C29H25ClN2O3S/c1-2-35-25-15-11-23(12-16-25)32-29(34)27(20-7-4-3-5-8-20)36-26-17-13-24(14-18-26)31-28(33)21-9-6-10-22(30)19-21/h3-19,27H,2H2,1H3,(H,31,33)(H,32,34). The molecule has 7 heteroatoms. The minimum absolute atomic E-state index is 0.131. The Balaban J connectivity index is 1.46. The molecule has 0 aliphatic carbocycles. The molecule has 0 heterocycles. The number of halogens is 1. The molecule has 4 aromatic rings. The van der Waals surface area contributed by atoms with E-state index in [0.717, 1.165) is 16.2 Å². The zero-order chi connectivity index (χ0) is 25.3. The summed E-state index contributed by atoms with van der Waals surface area (Å²) in [5.41, 5.74) is 2.73. The van der Waals surface area contributed by atoms with E-state index < -0.39 is 5.25 Å². The van der Waals surface area contributed by atoms with Crippen molar-refractivity contribution in [3.05, 3.63) is 119 Å². The Morgan fingerprint density at radius 1 is 0.833 bits per heavy atom. The Morgan fingerprint density at radius 2 is 1.50 bits per heavy atom. The van der Waals surface area contributed by atoms with E-state index in [2.05, 4.69) is 10.6 Å². The summed E-state index contributed by atoms with van der Waals surface area (Å²) < 4.78 is 5.48. The number of hydrogen-bond donors (Lipinski definition) is 2. The van der Waals surface area contributed by atoms with Crippen LogP contribution in [0.25, 0.3) is 0 Å². The maximum Gasteiger partial charge on any atom is 0.255 e. The van der Waals surface area contributed by atoms with Crippen LogP contribution >= 0.6 is 23.4 Å². The van der Waals surface area contributed by atoms with Gasteiger partial charge in [-0.3, -0.25) is 9.59 Å². The minimum Gasteiger partial charge on any atom is -0.494 e. The van der Waals surface area contributed by atoms with Gasteiger partial charge in [-0.05, 0) is 79.2 Å². The third-order valence-corrected chi connectivity index (χ3v) is 6.73. The average Bonchev–Trinajstić information content (AvgIpc) is 2.90. The summed E-state index contributed by atoms with van der Waals surface area (Å²) >= 11 is 7.43. The lowest BCUT2D eigenvalue weighted by molar-refractivity contribution is -0.115. The Labute approximate surface area is 219 Å². The molecule has 4 aromatic carbocycles. The molecule has 182 valence electrons. The second kappa shape index (κ2) is 12.3. The Morgan fingerprint density at radius 3 is 2.17 bits per heavy atom. The highest BCUT2D eigenvalue weighted by Gasteiger charge is 2.22. The van der Waals surface area contributed by atoms with Crippen molar-refractivity contribution in [2.75, 3.05) is 17.2 Å². The molecular formula is C29H25ClN2O3S. The number of carbonyl (C=O) groups is 2. The van der Waals surface area contributed by atoms with E-state index in [0.29, 0.717) is 28.6 Å². The highest BCUT2D eigenvalue weighted by molar-refractivity contribution is 8.00. The molecule has 5 nitrogen and oxygen atoms in total. The number of benzene rings is 4. The molecule has 4 rings (SSSR count). The molecule has 2 amide bonds. The smallest absolute Gasteiger partial charge is 0.255 e.